The van der Waals surface area contributed by atoms with Gasteiger partial charge in [0.15, 0.2) is 5.69 Å². The molecule has 1 fully saturated rings. The maximum atomic E-state index is 13.9. The highest BCUT2D eigenvalue weighted by molar-refractivity contribution is 5.94. The molecule has 25 heavy (non-hydrogen) atoms. The maximum Gasteiger partial charge on any atom is 0.323 e. The lowest BCUT2D eigenvalue weighted by atomic mass is 10.1. The Morgan fingerprint density at radius 2 is 2.00 bits per heavy atom. The maximum absolute atomic E-state index is 13.9. The SMILES string of the molecule is O=C(O)CN(C(=O)c1ccn(-c2ccccc2F)n1)C1CCOCC1. The second kappa shape index (κ2) is 7.43. The standard InChI is InChI=1S/C17H18FN3O4/c18-13-3-1-2-4-15(13)21-8-5-14(19-21)17(24)20(11-16(22)23)12-6-9-25-10-7-12/h1-5,8,12H,6-7,9-11H2,(H,22,23). The van der Waals surface area contributed by atoms with E-state index in [0.29, 0.717) is 26.1 Å². The molecule has 1 aromatic heterocycles. The van der Waals surface area contributed by atoms with Gasteiger partial charge in [-0.15, -0.1) is 0 Å². The number of aromatic nitrogens is 2. The van der Waals surface area contributed by atoms with Crippen LogP contribution in [0.5, 0.6) is 0 Å². The number of carboxylic acid groups (broad SMARTS) is 1. The first-order valence-corrected chi connectivity index (χ1v) is 7.97. The summed E-state index contributed by atoms with van der Waals surface area (Å²) in [6, 6.07) is 7.33. The van der Waals surface area contributed by atoms with Gasteiger partial charge >= 0.3 is 5.97 Å². The number of para-hydroxylation sites is 1. The molecule has 7 nitrogen and oxygen atoms in total. The lowest BCUT2D eigenvalue weighted by Crippen LogP contribution is -2.46. The number of hydrogen-bond donors (Lipinski definition) is 1. The van der Waals surface area contributed by atoms with Crippen molar-refractivity contribution in [2.75, 3.05) is 19.8 Å². The minimum atomic E-state index is -1.09. The molecular weight excluding hydrogens is 329 g/mol. The Morgan fingerprint density at radius 3 is 2.68 bits per heavy atom. The van der Waals surface area contributed by atoms with Gasteiger partial charge in [0, 0.05) is 25.5 Å². The molecule has 1 saturated heterocycles. The predicted octanol–water partition coefficient (Wildman–Crippen LogP) is 1.72. The van der Waals surface area contributed by atoms with Crippen LogP contribution in [0, 0.1) is 5.82 Å². The Labute approximate surface area is 143 Å². The van der Waals surface area contributed by atoms with Crippen LogP contribution >= 0.6 is 0 Å². The third-order valence-corrected chi connectivity index (χ3v) is 4.11. The van der Waals surface area contributed by atoms with E-state index in [4.69, 9.17) is 9.84 Å². The van der Waals surface area contributed by atoms with E-state index < -0.39 is 24.2 Å². The Morgan fingerprint density at radius 1 is 1.28 bits per heavy atom. The molecule has 0 atom stereocenters. The van der Waals surface area contributed by atoms with Crippen molar-refractivity contribution in [3.8, 4) is 5.69 Å². The fourth-order valence-corrected chi connectivity index (χ4v) is 2.87. The normalized spacial score (nSPS) is 15.1. The fourth-order valence-electron chi connectivity index (χ4n) is 2.87. The molecule has 132 valence electrons. The van der Waals surface area contributed by atoms with Crippen LogP contribution in [0.2, 0.25) is 0 Å². The van der Waals surface area contributed by atoms with Gasteiger partial charge in [0.25, 0.3) is 5.91 Å². The molecule has 0 unspecified atom stereocenters. The number of benzene rings is 1. The average molecular weight is 347 g/mol. The number of carbonyl (C=O) groups is 2. The Kier molecular flexibility index (Phi) is 5.08. The van der Waals surface area contributed by atoms with Gasteiger partial charge in [0.2, 0.25) is 0 Å². The quantitative estimate of drug-likeness (QED) is 0.890. The summed E-state index contributed by atoms with van der Waals surface area (Å²) in [6.07, 6.45) is 2.63. The van der Waals surface area contributed by atoms with Crippen LogP contribution in [0.3, 0.4) is 0 Å². The molecule has 8 heteroatoms. The molecule has 1 aliphatic rings. The number of amides is 1. The highest BCUT2D eigenvalue weighted by Crippen LogP contribution is 2.18. The van der Waals surface area contributed by atoms with Crippen molar-refractivity contribution in [1.82, 2.24) is 14.7 Å². The number of halogens is 1. The van der Waals surface area contributed by atoms with Crippen molar-refractivity contribution in [2.24, 2.45) is 0 Å². The van der Waals surface area contributed by atoms with Crippen molar-refractivity contribution < 1.29 is 23.8 Å². The zero-order valence-electron chi connectivity index (χ0n) is 13.5. The number of rotatable bonds is 5. The van der Waals surface area contributed by atoms with E-state index in [1.807, 2.05) is 0 Å². The Hall–Kier alpha value is -2.74. The first kappa shape index (κ1) is 17.1. The van der Waals surface area contributed by atoms with Crippen LogP contribution in [0.25, 0.3) is 5.69 Å². The molecule has 1 aromatic carbocycles. The summed E-state index contributed by atoms with van der Waals surface area (Å²) >= 11 is 0. The summed E-state index contributed by atoms with van der Waals surface area (Å²) in [5.41, 5.74) is 0.299. The van der Waals surface area contributed by atoms with E-state index in [1.54, 1.807) is 18.2 Å². The van der Waals surface area contributed by atoms with Crippen LogP contribution in [-0.2, 0) is 9.53 Å². The molecule has 0 aliphatic carbocycles. The van der Waals surface area contributed by atoms with Crippen molar-refractivity contribution in [3.63, 3.8) is 0 Å². The molecule has 1 aliphatic heterocycles. The number of nitrogens with zero attached hydrogens (tertiary/aromatic N) is 3. The number of carbonyl (C=O) groups excluding carboxylic acids is 1. The zero-order valence-corrected chi connectivity index (χ0v) is 13.5. The topological polar surface area (TPSA) is 84.7 Å². The van der Waals surface area contributed by atoms with Gasteiger partial charge < -0.3 is 14.7 Å². The molecule has 0 bridgehead atoms. The summed E-state index contributed by atoms with van der Waals surface area (Å²) in [7, 11) is 0. The van der Waals surface area contributed by atoms with Gasteiger partial charge in [-0.25, -0.2) is 9.07 Å². The summed E-state index contributed by atoms with van der Waals surface area (Å²) < 4.78 is 20.4. The van der Waals surface area contributed by atoms with Gasteiger partial charge in [-0.3, -0.25) is 9.59 Å². The van der Waals surface area contributed by atoms with Gasteiger partial charge in [-0.1, -0.05) is 12.1 Å². The zero-order chi connectivity index (χ0) is 17.8. The second-order valence-corrected chi connectivity index (χ2v) is 5.77. The third-order valence-electron chi connectivity index (χ3n) is 4.11. The van der Waals surface area contributed by atoms with Crippen molar-refractivity contribution in [2.45, 2.75) is 18.9 Å². The van der Waals surface area contributed by atoms with Crippen LogP contribution in [0.4, 0.5) is 4.39 Å². The van der Waals surface area contributed by atoms with Crippen molar-refractivity contribution in [3.05, 3.63) is 48.0 Å². The first-order chi connectivity index (χ1) is 12.1. The number of hydrogen-bond acceptors (Lipinski definition) is 4. The molecule has 0 spiro atoms. The molecule has 3 rings (SSSR count). The Bertz CT molecular complexity index is 771. The average Bonchev–Trinajstić information content (AvgIpc) is 3.10. The van der Waals surface area contributed by atoms with E-state index in [9.17, 15) is 14.0 Å². The van der Waals surface area contributed by atoms with E-state index in [2.05, 4.69) is 5.10 Å². The summed E-state index contributed by atoms with van der Waals surface area (Å²) in [5.74, 6) is -2.03. The molecule has 2 aromatic rings. The van der Waals surface area contributed by atoms with Crippen LogP contribution in [-0.4, -0.2) is 57.5 Å². The van der Waals surface area contributed by atoms with Gasteiger partial charge in [0.05, 0.1) is 0 Å². The summed E-state index contributed by atoms with van der Waals surface area (Å²) in [6.45, 7) is 0.561. The second-order valence-electron chi connectivity index (χ2n) is 5.77. The van der Waals surface area contributed by atoms with Crippen LogP contribution in [0.15, 0.2) is 36.5 Å². The van der Waals surface area contributed by atoms with Gasteiger partial charge in [-0.05, 0) is 31.0 Å². The fraction of sp³-hybridized carbons (Fsp3) is 0.353. The van der Waals surface area contributed by atoms with Crippen LogP contribution in [0.1, 0.15) is 23.3 Å². The van der Waals surface area contributed by atoms with E-state index >= 15 is 0 Å². The smallest absolute Gasteiger partial charge is 0.323 e. The van der Waals surface area contributed by atoms with Gasteiger partial charge in [0.1, 0.15) is 18.0 Å². The third kappa shape index (κ3) is 3.85. The molecule has 0 saturated carbocycles. The first-order valence-electron chi connectivity index (χ1n) is 7.97. The van der Waals surface area contributed by atoms with Crippen molar-refractivity contribution >= 4 is 11.9 Å². The lowest BCUT2D eigenvalue weighted by molar-refractivity contribution is -0.138. The largest absolute Gasteiger partial charge is 0.480 e. The van der Waals surface area contributed by atoms with Crippen LogP contribution < -0.4 is 0 Å². The molecule has 1 N–H and O–H groups in total. The predicted molar refractivity (Wildman–Crippen MR) is 86.0 cm³/mol. The number of carboxylic acids is 1. The minimum absolute atomic E-state index is 0.0796. The summed E-state index contributed by atoms with van der Waals surface area (Å²) in [4.78, 5) is 25.2. The molecular formula is C17H18FN3O4. The number of ether oxygens (including phenoxy) is 1. The molecule has 1 amide bonds. The van der Waals surface area contributed by atoms with E-state index in [0.717, 1.165) is 0 Å². The van der Waals surface area contributed by atoms with E-state index in [1.165, 1.54) is 27.9 Å². The highest BCUT2D eigenvalue weighted by Gasteiger charge is 2.29. The lowest BCUT2D eigenvalue weighted by Gasteiger charge is -2.32. The van der Waals surface area contributed by atoms with Crippen molar-refractivity contribution in [1.29, 1.82) is 0 Å². The minimum Gasteiger partial charge on any atom is -0.480 e. The highest BCUT2D eigenvalue weighted by atomic mass is 19.1. The van der Waals surface area contributed by atoms with E-state index in [-0.39, 0.29) is 17.4 Å². The summed E-state index contributed by atoms with van der Waals surface area (Å²) in [5, 5.41) is 13.3. The monoisotopic (exact) mass is 347 g/mol. The number of aliphatic carboxylic acids is 1. The molecule has 2 heterocycles. The molecule has 0 radical (unpaired) electrons. The van der Waals surface area contributed by atoms with Gasteiger partial charge in [-0.2, -0.15) is 5.10 Å². The Balaban J connectivity index is 1.84.